The van der Waals surface area contributed by atoms with Gasteiger partial charge in [0.2, 0.25) is 0 Å². The average Bonchev–Trinajstić information content (AvgIpc) is 1.89. The smallest absolute Gasteiger partial charge is 0.00580 e. The Kier molecular flexibility index (Phi) is 9.30. The summed E-state index contributed by atoms with van der Waals surface area (Å²) in [5.41, 5.74) is 0. The first-order valence-corrected chi connectivity index (χ1v) is 5.09. The van der Waals surface area contributed by atoms with E-state index in [1.807, 2.05) is 11.8 Å². The molecule has 0 amide bonds. The van der Waals surface area contributed by atoms with Crippen molar-refractivity contribution in [3.8, 4) is 0 Å². The van der Waals surface area contributed by atoms with Crippen LogP contribution in [0, 0.1) is 0 Å². The van der Waals surface area contributed by atoms with E-state index in [9.17, 15) is 0 Å². The first kappa shape index (κ1) is 9.66. The third-order valence-electron chi connectivity index (χ3n) is 0.916. The van der Waals surface area contributed by atoms with Crippen molar-refractivity contribution in [1.29, 1.82) is 0 Å². The van der Waals surface area contributed by atoms with Crippen LogP contribution in [0.4, 0.5) is 0 Å². The molecule has 0 spiro atoms. The molecule has 0 saturated heterocycles. The molecule has 0 atom stereocenters. The van der Waals surface area contributed by atoms with E-state index in [4.69, 9.17) is 0 Å². The van der Waals surface area contributed by atoms with Gasteiger partial charge in [0.25, 0.3) is 0 Å². The van der Waals surface area contributed by atoms with Gasteiger partial charge >= 0.3 is 0 Å². The van der Waals surface area contributed by atoms with Crippen molar-refractivity contribution in [3.05, 3.63) is 0 Å². The number of hydrogen-bond donors (Lipinski definition) is 2. The van der Waals surface area contributed by atoms with Crippen LogP contribution in [-0.2, 0) is 0 Å². The lowest BCUT2D eigenvalue weighted by Gasteiger charge is -1.99. The van der Waals surface area contributed by atoms with Crippen LogP contribution in [0.15, 0.2) is 0 Å². The Labute approximate surface area is 67.4 Å². The molecule has 0 saturated carbocycles. The molecule has 0 rings (SSSR count). The maximum absolute atomic E-state index is 4.08. The first-order valence-electron chi connectivity index (χ1n) is 3.31. The van der Waals surface area contributed by atoms with Crippen LogP contribution in [0.5, 0.6) is 0 Å². The normalized spacial score (nSPS) is 10.0. The Hall–Kier alpha value is 0.660. The van der Waals surface area contributed by atoms with Crippen LogP contribution in [0.3, 0.4) is 0 Å². The molecule has 0 aliphatic rings. The lowest BCUT2D eigenvalue weighted by Crippen LogP contribution is -2.19. The third kappa shape index (κ3) is 8.66. The van der Waals surface area contributed by atoms with E-state index >= 15 is 0 Å². The third-order valence-corrected chi connectivity index (χ3v) is 2.04. The molecule has 0 aliphatic carbocycles. The summed E-state index contributed by atoms with van der Waals surface area (Å²) < 4.78 is 0. The fraction of sp³-hybridized carbons (Fsp3) is 1.00. The number of thiol groups is 1. The predicted octanol–water partition coefficient (Wildman–Crippen LogP) is 1.26. The number of hydrogen-bond acceptors (Lipinski definition) is 3. The molecule has 9 heavy (non-hydrogen) atoms. The zero-order valence-corrected chi connectivity index (χ0v) is 7.60. The van der Waals surface area contributed by atoms with Crippen molar-refractivity contribution in [2.75, 3.05) is 30.3 Å². The number of thioether (sulfide) groups is 1. The zero-order chi connectivity index (χ0) is 6.95. The summed E-state index contributed by atoms with van der Waals surface area (Å²) in [4.78, 5) is 0. The Balaban J connectivity index is 2.60. The summed E-state index contributed by atoms with van der Waals surface area (Å²) in [7, 11) is 0. The van der Waals surface area contributed by atoms with Crippen molar-refractivity contribution in [3.63, 3.8) is 0 Å². The lowest BCUT2D eigenvalue weighted by atomic mass is 10.7. The van der Waals surface area contributed by atoms with Crippen LogP contribution >= 0.6 is 24.4 Å². The van der Waals surface area contributed by atoms with E-state index in [-0.39, 0.29) is 0 Å². The maximum Gasteiger partial charge on any atom is 0.00580 e. The minimum absolute atomic E-state index is 0.941. The molecule has 0 fully saturated rings. The van der Waals surface area contributed by atoms with Gasteiger partial charge in [0, 0.05) is 24.6 Å². The highest BCUT2D eigenvalue weighted by atomic mass is 32.2. The Morgan fingerprint density at radius 1 is 1.44 bits per heavy atom. The molecular formula is C6H15NS2. The van der Waals surface area contributed by atoms with Gasteiger partial charge < -0.3 is 5.32 Å². The van der Waals surface area contributed by atoms with Crippen molar-refractivity contribution in [2.24, 2.45) is 0 Å². The van der Waals surface area contributed by atoms with Gasteiger partial charge in [0.05, 0.1) is 0 Å². The van der Waals surface area contributed by atoms with Gasteiger partial charge in [-0.2, -0.15) is 24.4 Å². The quantitative estimate of drug-likeness (QED) is 0.454. The van der Waals surface area contributed by atoms with Crippen molar-refractivity contribution in [2.45, 2.75) is 6.92 Å². The molecule has 1 nitrogen and oxygen atoms in total. The van der Waals surface area contributed by atoms with Crippen LogP contribution in [0.1, 0.15) is 6.92 Å². The Bertz CT molecular complexity index is 44.3. The molecule has 0 unspecified atom stereocenters. The summed E-state index contributed by atoms with van der Waals surface area (Å²) in [6.07, 6.45) is 0. The van der Waals surface area contributed by atoms with Gasteiger partial charge in [0.15, 0.2) is 0 Å². The number of nitrogens with one attached hydrogen (secondary N) is 1. The summed E-state index contributed by atoms with van der Waals surface area (Å²) >= 11 is 6.05. The van der Waals surface area contributed by atoms with Crippen LogP contribution < -0.4 is 5.32 Å². The molecule has 0 aromatic rings. The van der Waals surface area contributed by atoms with Gasteiger partial charge in [-0.25, -0.2) is 0 Å². The number of rotatable bonds is 6. The van der Waals surface area contributed by atoms with Gasteiger partial charge in [-0.1, -0.05) is 6.92 Å². The van der Waals surface area contributed by atoms with Crippen molar-refractivity contribution < 1.29 is 0 Å². The summed E-state index contributed by atoms with van der Waals surface area (Å²) in [6, 6.07) is 0. The Morgan fingerprint density at radius 3 is 2.78 bits per heavy atom. The molecule has 0 radical (unpaired) electrons. The van der Waals surface area contributed by atoms with Gasteiger partial charge in [-0.15, -0.1) is 0 Å². The average molecular weight is 165 g/mol. The van der Waals surface area contributed by atoms with Crippen LogP contribution in [0.2, 0.25) is 0 Å². The summed E-state index contributed by atoms with van der Waals surface area (Å²) in [5.74, 6) is 3.39. The molecule has 0 aromatic heterocycles. The van der Waals surface area contributed by atoms with Gasteiger partial charge in [-0.05, 0) is 5.75 Å². The monoisotopic (exact) mass is 165 g/mol. The standard InChI is InChI=1S/C6H15NS2/c1-2-9-6-4-7-3-5-8/h7-8H,2-6H2,1H3. The van der Waals surface area contributed by atoms with Crippen molar-refractivity contribution in [1.82, 2.24) is 5.32 Å². The predicted molar refractivity (Wildman–Crippen MR) is 49.7 cm³/mol. The highest BCUT2D eigenvalue weighted by Gasteiger charge is 1.83. The summed E-state index contributed by atoms with van der Waals surface area (Å²) in [6.45, 7) is 4.34. The Morgan fingerprint density at radius 2 is 2.22 bits per heavy atom. The van der Waals surface area contributed by atoms with Crippen LogP contribution in [-0.4, -0.2) is 30.3 Å². The van der Waals surface area contributed by atoms with E-state index in [1.54, 1.807) is 0 Å². The van der Waals surface area contributed by atoms with E-state index < -0.39 is 0 Å². The minimum Gasteiger partial charge on any atom is -0.315 e. The van der Waals surface area contributed by atoms with E-state index in [0.717, 1.165) is 18.8 Å². The molecule has 0 bridgehead atoms. The topological polar surface area (TPSA) is 12.0 Å². The van der Waals surface area contributed by atoms with Crippen LogP contribution in [0.25, 0.3) is 0 Å². The molecule has 56 valence electrons. The van der Waals surface area contributed by atoms with E-state index in [2.05, 4.69) is 24.9 Å². The lowest BCUT2D eigenvalue weighted by molar-refractivity contribution is 0.775. The minimum atomic E-state index is 0.941. The van der Waals surface area contributed by atoms with Gasteiger partial charge in [-0.3, -0.25) is 0 Å². The molecule has 3 heteroatoms. The second-order valence-electron chi connectivity index (χ2n) is 1.67. The largest absolute Gasteiger partial charge is 0.315 e. The molecule has 0 aliphatic heterocycles. The maximum atomic E-state index is 4.08. The van der Waals surface area contributed by atoms with Gasteiger partial charge in [0.1, 0.15) is 0 Å². The van der Waals surface area contributed by atoms with E-state index in [0.29, 0.717) is 0 Å². The highest BCUT2D eigenvalue weighted by molar-refractivity contribution is 7.99. The second-order valence-corrected chi connectivity index (χ2v) is 3.51. The molecule has 1 N–H and O–H groups in total. The SMILES string of the molecule is CCSCCNCCS. The van der Waals surface area contributed by atoms with Crippen molar-refractivity contribution >= 4 is 24.4 Å². The fourth-order valence-corrected chi connectivity index (χ4v) is 1.23. The highest BCUT2D eigenvalue weighted by Crippen LogP contribution is 1.94. The molecule has 0 aromatic carbocycles. The first-order chi connectivity index (χ1) is 4.41. The molecular weight excluding hydrogens is 150 g/mol. The zero-order valence-electron chi connectivity index (χ0n) is 5.89. The molecule has 0 heterocycles. The fourth-order valence-electron chi connectivity index (χ4n) is 0.493. The summed E-state index contributed by atoms with van der Waals surface area (Å²) in [5, 5.41) is 3.27. The van der Waals surface area contributed by atoms with E-state index in [1.165, 1.54) is 11.5 Å². The second kappa shape index (κ2) is 8.66.